The topological polar surface area (TPSA) is 113 Å². The molecule has 2 atom stereocenters. The fourth-order valence-electron chi connectivity index (χ4n) is 3.87. The van der Waals surface area contributed by atoms with Crippen LogP contribution in [0.3, 0.4) is 0 Å². The predicted molar refractivity (Wildman–Crippen MR) is 131 cm³/mol. The maximum absolute atomic E-state index is 13.8. The van der Waals surface area contributed by atoms with Gasteiger partial charge in [0.2, 0.25) is 0 Å². The van der Waals surface area contributed by atoms with Gasteiger partial charge in [-0.1, -0.05) is 22.0 Å². The molecule has 0 aliphatic carbocycles. The lowest BCUT2D eigenvalue weighted by Crippen LogP contribution is -2.46. The number of morpholine rings is 1. The van der Waals surface area contributed by atoms with Gasteiger partial charge in [0.25, 0.3) is 0 Å². The number of carboxylic acid groups (broad SMARTS) is 1. The molecule has 184 valence electrons. The van der Waals surface area contributed by atoms with Crippen LogP contribution < -0.4 is 5.32 Å². The molecular weight excluding hydrogens is 543 g/mol. The van der Waals surface area contributed by atoms with Crippen molar-refractivity contribution >= 4 is 45.0 Å². The van der Waals surface area contributed by atoms with Crippen LogP contribution in [0.4, 0.5) is 4.39 Å². The molecule has 1 fully saturated rings. The third-order valence-electron chi connectivity index (χ3n) is 5.44. The van der Waals surface area contributed by atoms with Gasteiger partial charge in [0.05, 0.1) is 25.4 Å². The number of nitrogens with one attached hydrogen (secondary N) is 1. The average Bonchev–Trinajstić information content (AvgIpc) is 3.37. The maximum atomic E-state index is 13.8. The van der Waals surface area contributed by atoms with E-state index in [1.165, 1.54) is 36.7 Å². The minimum absolute atomic E-state index is 0.296. The summed E-state index contributed by atoms with van der Waals surface area (Å²) in [5.41, 5.74) is 1.47. The van der Waals surface area contributed by atoms with E-state index in [1.54, 1.807) is 12.3 Å². The van der Waals surface area contributed by atoms with Crippen molar-refractivity contribution in [3.63, 3.8) is 0 Å². The van der Waals surface area contributed by atoms with Crippen molar-refractivity contribution in [2.45, 2.75) is 12.1 Å². The van der Waals surface area contributed by atoms with Gasteiger partial charge in [0.1, 0.15) is 11.9 Å². The van der Waals surface area contributed by atoms with E-state index in [1.807, 2.05) is 10.3 Å². The standard InChI is InChI=1S/C23H22BrFN4O5S/c1-33-23(32)19-17(12-29-7-8-34-14(11-29)3-5-18(30)31)27-21(22-26-6-9-35-22)28-20(19)15-4-2-13(25)10-16(15)24/h2-6,9-10,14,20H,7-8,11-12H2,1H3,(H,27,28)(H,30,31)/b5-3+/t14-,20+/m1/s1. The Kier molecular flexibility index (Phi) is 8.06. The molecule has 0 saturated carbocycles. The van der Waals surface area contributed by atoms with Crippen molar-refractivity contribution in [2.75, 3.05) is 33.4 Å². The number of rotatable bonds is 7. The van der Waals surface area contributed by atoms with Crippen molar-refractivity contribution < 1.29 is 28.6 Å². The molecule has 0 radical (unpaired) electrons. The van der Waals surface area contributed by atoms with E-state index in [9.17, 15) is 14.0 Å². The number of hydrogen-bond donors (Lipinski definition) is 2. The van der Waals surface area contributed by atoms with E-state index >= 15 is 0 Å². The third-order valence-corrected chi connectivity index (χ3v) is 6.90. The maximum Gasteiger partial charge on any atom is 0.338 e. The van der Waals surface area contributed by atoms with Crippen LogP contribution in [-0.4, -0.2) is 72.2 Å². The molecule has 0 bridgehead atoms. The molecule has 1 saturated heterocycles. The summed E-state index contributed by atoms with van der Waals surface area (Å²) in [6, 6.07) is 3.46. The van der Waals surface area contributed by atoms with E-state index in [-0.39, 0.29) is 0 Å². The average molecular weight is 565 g/mol. The Hall–Kier alpha value is -2.93. The van der Waals surface area contributed by atoms with Crippen LogP contribution in [0.25, 0.3) is 0 Å². The van der Waals surface area contributed by atoms with Crippen LogP contribution in [0, 0.1) is 5.82 Å². The van der Waals surface area contributed by atoms with Crippen molar-refractivity contribution in [2.24, 2.45) is 4.99 Å². The highest BCUT2D eigenvalue weighted by molar-refractivity contribution is 9.10. The fraction of sp³-hybridized carbons (Fsp3) is 0.304. The number of amidine groups is 1. The second kappa shape index (κ2) is 11.2. The number of esters is 1. The van der Waals surface area contributed by atoms with Crippen molar-refractivity contribution in [3.05, 3.63) is 74.1 Å². The molecule has 1 aromatic carbocycles. The highest BCUT2D eigenvalue weighted by Crippen LogP contribution is 2.37. The molecule has 3 heterocycles. The number of halogens is 2. The predicted octanol–water partition coefficient (Wildman–Crippen LogP) is 2.90. The summed E-state index contributed by atoms with van der Waals surface area (Å²) in [5, 5.41) is 14.6. The van der Waals surface area contributed by atoms with Gasteiger partial charge in [-0.15, -0.1) is 11.3 Å². The van der Waals surface area contributed by atoms with E-state index in [0.717, 1.165) is 6.08 Å². The highest BCUT2D eigenvalue weighted by atomic mass is 79.9. The second-order valence-electron chi connectivity index (χ2n) is 7.73. The van der Waals surface area contributed by atoms with Gasteiger partial charge in [-0.05, 0) is 23.8 Å². The van der Waals surface area contributed by atoms with Crippen LogP contribution >= 0.6 is 27.3 Å². The second-order valence-corrected chi connectivity index (χ2v) is 9.48. The number of aromatic nitrogens is 1. The molecule has 9 nitrogen and oxygen atoms in total. The molecule has 2 aliphatic heterocycles. The Labute approximate surface area is 213 Å². The number of carbonyl (C=O) groups excluding carboxylic acids is 1. The molecule has 2 N–H and O–H groups in total. The Morgan fingerprint density at radius 1 is 1.46 bits per heavy atom. The summed E-state index contributed by atoms with van der Waals surface area (Å²) in [5.74, 6) is -1.55. The molecule has 4 rings (SSSR count). The first kappa shape index (κ1) is 25.2. The summed E-state index contributed by atoms with van der Waals surface area (Å²) < 4.78 is 25.0. The van der Waals surface area contributed by atoms with Gasteiger partial charge < -0.3 is 19.9 Å². The fourth-order valence-corrected chi connectivity index (χ4v) is 5.03. The summed E-state index contributed by atoms with van der Waals surface area (Å²) in [4.78, 5) is 35.1. The lowest BCUT2D eigenvalue weighted by Gasteiger charge is -2.34. The quantitative estimate of drug-likeness (QED) is 0.390. The van der Waals surface area contributed by atoms with E-state index in [0.29, 0.717) is 58.4 Å². The number of aliphatic imine (C=N–C) groups is 1. The van der Waals surface area contributed by atoms with Crippen LogP contribution in [0.2, 0.25) is 0 Å². The van der Waals surface area contributed by atoms with Gasteiger partial charge >= 0.3 is 11.9 Å². The summed E-state index contributed by atoms with van der Waals surface area (Å²) >= 11 is 4.80. The number of carbonyl (C=O) groups is 2. The first-order valence-electron chi connectivity index (χ1n) is 10.6. The zero-order valence-corrected chi connectivity index (χ0v) is 21.0. The summed E-state index contributed by atoms with van der Waals surface area (Å²) in [7, 11) is 1.30. The Balaban J connectivity index is 1.73. The summed E-state index contributed by atoms with van der Waals surface area (Å²) in [6.07, 6.45) is 3.81. The largest absolute Gasteiger partial charge is 0.478 e. The van der Waals surface area contributed by atoms with E-state index in [4.69, 9.17) is 19.6 Å². The monoisotopic (exact) mass is 564 g/mol. The molecule has 2 aromatic rings. The molecular formula is C23H22BrFN4O5S. The number of nitrogens with zero attached hydrogens (tertiary/aromatic N) is 3. The van der Waals surface area contributed by atoms with Crippen molar-refractivity contribution in [3.8, 4) is 0 Å². The number of benzene rings is 1. The van der Waals surface area contributed by atoms with Crippen molar-refractivity contribution in [1.29, 1.82) is 0 Å². The lowest BCUT2D eigenvalue weighted by molar-refractivity contribution is -0.136. The van der Waals surface area contributed by atoms with Gasteiger partial charge in [-0.3, -0.25) is 9.89 Å². The van der Waals surface area contributed by atoms with Crippen LogP contribution in [-0.2, 0) is 19.1 Å². The van der Waals surface area contributed by atoms with Crippen LogP contribution in [0.15, 0.2) is 62.7 Å². The van der Waals surface area contributed by atoms with Crippen molar-refractivity contribution in [1.82, 2.24) is 15.2 Å². The SMILES string of the molecule is COC(=O)C1=C(CN2CCO[C@H](/C=C/C(=O)O)C2)NC(c2nccs2)=N[C@H]1c1ccc(F)cc1Br. The number of ether oxygens (including phenoxy) is 2. The molecule has 1 aromatic heterocycles. The minimum atomic E-state index is -1.05. The van der Waals surface area contributed by atoms with Crippen LogP contribution in [0.1, 0.15) is 16.6 Å². The molecule has 2 aliphatic rings. The Morgan fingerprint density at radius 2 is 2.29 bits per heavy atom. The van der Waals surface area contributed by atoms with Gasteiger partial charge in [-0.25, -0.2) is 19.0 Å². The van der Waals surface area contributed by atoms with Gasteiger partial charge in [-0.2, -0.15) is 0 Å². The first-order valence-corrected chi connectivity index (χ1v) is 12.3. The van der Waals surface area contributed by atoms with E-state index < -0.39 is 29.9 Å². The molecule has 12 heteroatoms. The minimum Gasteiger partial charge on any atom is -0.478 e. The smallest absolute Gasteiger partial charge is 0.338 e. The number of aliphatic carboxylic acids is 1. The Bertz CT molecular complexity index is 1200. The van der Waals surface area contributed by atoms with Gasteiger partial charge in [0.15, 0.2) is 10.8 Å². The third kappa shape index (κ3) is 6.01. The molecule has 35 heavy (non-hydrogen) atoms. The number of thiazole rings is 1. The molecule has 0 spiro atoms. The molecule has 0 amide bonds. The van der Waals surface area contributed by atoms with Gasteiger partial charge in [0, 0.05) is 47.5 Å². The Morgan fingerprint density at radius 3 is 2.97 bits per heavy atom. The molecule has 0 unspecified atom stereocenters. The summed E-state index contributed by atoms with van der Waals surface area (Å²) in [6.45, 7) is 1.73. The normalized spacial score (nSPS) is 21.1. The lowest BCUT2D eigenvalue weighted by atomic mass is 9.95. The zero-order valence-electron chi connectivity index (χ0n) is 18.6. The van der Waals surface area contributed by atoms with Crippen LogP contribution in [0.5, 0.6) is 0 Å². The highest BCUT2D eigenvalue weighted by Gasteiger charge is 2.35. The number of carboxylic acids is 1. The van der Waals surface area contributed by atoms with E-state index in [2.05, 4.69) is 26.2 Å². The zero-order chi connectivity index (χ0) is 24.9. The first-order chi connectivity index (χ1) is 16.9. The number of hydrogen-bond acceptors (Lipinski definition) is 9. The number of methoxy groups -OCH3 is 1.